The summed E-state index contributed by atoms with van der Waals surface area (Å²) in [6, 6.07) is 14.8. The summed E-state index contributed by atoms with van der Waals surface area (Å²) in [5, 5.41) is 21.6. The molecule has 138 valence electrons. The van der Waals surface area contributed by atoms with Crippen molar-refractivity contribution in [2.24, 2.45) is 0 Å². The third-order valence-electron chi connectivity index (χ3n) is 4.54. The fourth-order valence-electron chi connectivity index (χ4n) is 3.17. The lowest BCUT2D eigenvalue weighted by molar-refractivity contribution is -0.305. The van der Waals surface area contributed by atoms with Crippen LogP contribution >= 0.6 is 0 Å². The molecule has 0 aliphatic carbocycles. The molecule has 0 saturated carbocycles. The molecule has 6 heteroatoms. The Morgan fingerprint density at radius 3 is 2.30 bits per heavy atom. The number of aliphatic hydroxyl groups excluding tert-OH is 1. The van der Waals surface area contributed by atoms with Crippen LogP contribution in [-0.2, 0) is 14.4 Å². The van der Waals surface area contributed by atoms with Crippen molar-refractivity contribution in [1.29, 1.82) is 0 Å². The minimum Gasteiger partial charge on any atom is -0.550 e. The van der Waals surface area contributed by atoms with Gasteiger partial charge in [-0.3, -0.25) is 9.59 Å². The van der Waals surface area contributed by atoms with Crippen molar-refractivity contribution < 1.29 is 24.6 Å². The van der Waals surface area contributed by atoms with E-state index in [0.29, 0.717) is 11.1 Å². The molecule has 0 radical (unpaired) electrons. The first-order valence-corrected chi connectivity index (χ1v) is 8.50. The van der Waals surface area contributed by atoms with Gasteiger partial charge in [-0.25, -0.2) is 0 Å². The summed E-state index contributed by atoms with van der Waals surface area (Å²) in [6.45, 7) is 1.72. The zero-order chi connectivity index (χ0) is 19.6. The van der Waals surface area contributed by atoms with Gasteiger partial charge in [0.05, 0.1) is 11.6 Å². The fraction of sp³-hybridized carbons (Fsp3) is 0.190. The Balaban J connectivity index is 2.14. The van der Waals surface area contributed by atoms with Crippen molar-refractivity contribution in [2.45, 2.75) is 19.4 Å². The summed E-state index contributed by atoms with van der Waals surface area (Å²) < 4.78 is 0. The fourth-order valence-corrected chi connectivity index (χ4v) is 3.17. The van der Waals surface area contributed by atoms with Crippen LogP contribution in [0.2, 0.25) is 0 Å². The molecule has 1 fully saturated rings. The standard InChI is InChI=1S/C21H19NO5/c1-13-7-9-14(10-8-13)18-17(19(25)15-5-3-2-4-6-15)20(26)21(27)22(18)12-11-16(23)24/h2-10,18,25H,11-12H2,1H3,(H,23,24)/p-1/t18-/m0/s1. The molecule has 1 amide bonds. The summed E-state index contributed by atoms with van der Waals surface area (Å²) in [4.78, 5) is 37.2. The van der Waals surface area contributed by atoms with Gasteiger partial charge in [0.15, 0.2) is 0 Å². The molecule has 6 nitrogen and oxygen atoms in total. The van der Waals surface area contributed by atoms with Crippen molar-refractivity contribution in [3.05, 3.63) is 76.9 Å². The van der Waals surface area contributed by atoms with Crippen LogP contribution in [0.15, 0.2) is 60.2 Å². The Hall–Kier alpha value is -3.41. The number of rotatable bonds is 5. The third-order valence-corrected chi connectivity index (χ3v) is 4.54. The first kappa shape index (κ1) is 18.4. The van der Waals surface area contributed by atoms with Gasteiger partial charge in [-0.2, -0.15) is 0 Å². The van der Waals surface area contributed by atoms with Crippen LogP contribution in [0, 0.1) is 6.92 Å². The monoisotopic (exact) mass is 364 g/mol. The molecule has 1 aliphatic rings. The maximum absolute atomic E-state index is 12.7. The van der Waals surface area contributed by atoms with E-state index in [9.17, 15) is 24.6 Å². The summed E-state index contributed by atoms with van der Waals surface area (Å²) >= 11 is 0. The Labute approximate surface area is 156 Å². The predicted molar refractivity (Wildman–Crippen MR) is 96.3 cm³/mol. The van der Waals surface area contributed by atoms with Gasteiger partial charge in [-0.1, -0.05) is 60.2 Å². The number of nitrogens with zero attached hydrogens (tertiary/aromatic N) is 1. The number of hydrogen-bond donors (Lipinski definition) is 1. The zero-order valence-electron chi connectivity index (χ0n) is 14.7. The Bertz CT molecular complexity index is 915. The van der Waals surface area contributed by atoms with E-state index < -0.39 is 30.1 Å². The van der Waals surface area contributed by atoms with Crippen molar-refractivity contribution in [3.8, 4) is 0 Å². The highest BCUT2D eigenvalue weighted by atomic mass is 16.4. The molecule has 3 rings (SSSR count). The van der Waals surface area contributed by atoms with E-state index in [4.69, 9.17) is 0 Å². The number of carbonyl (C=O) groups excluding carboxylic acids is 3. The van der Waals surface area contributed by atoms with Crippen LogP contribution in [0.5, 0.6) is 0 Å². The highest BCUT2D eigenvalue weighted by Crippen LogP contribution is 2.39. The van der Waals surface area contributed by atoms with Crippen LogP contribution in [-0.4, -0.2) is 34.2 Å². The van der Waals surface area contributed by atoms with Gasteiger partial charge >= 0.3 is 0 Å². The Kier molecular flexibility index (Phi) is 5.07. The van der Waals surface area contributed by atoms with Gasteiger partial charge in [0, 0.05) is 24.5 Å². The van der Waals surface area contributed by atoms with Gasteiger partial charge in [-0.15, -0.1) is 0 Å². The number of aliphatic hydroxyl groups is 1. The molecule has 1 atom stereocenters. The molecule has 2 aromatic rings. The Morgan fingerprint density at radius 1 is 1.07 bits per heavy atom. The van der Waals surface area contributed by atoms with Crippen LogP contribution in [0.25, 0.3) is 5.76 Å². The number of aliphatic carboxylic acids is 1. The summed E-state index contributed by atoms with van der Waals surface area (Å²) in [5.41, 5.74) is 1.98. The van der Waals surface area contributed by atoms with Gasteiger partial charge in [0.25, 0.3) is 11.7 Å². The maximum atomic E-state index is 12.7. The van der Waals surface area contributed by atoms with E-state index in [-0.39, 0.29) is 17.9 Å². The number of aryl methyl sites for hydroxylation is 1. The molecule has 1 aliphatic heterocycles. The van der Waals surface area contributed by atoms with Crippen LogP contribution in [0.1, 0.15) is 29.2 Å². The molecule has 1 heterocycles. The first-order chi connectivity index (χ1) is 12.9. The minimum atomic E-state index is -1.32. The average Bonchev–Trinajstić information content (AvgIpc) is 2.91. The average molecular weight is 364 g/mol. The topological polar surface area (TPSA) is 97.7 Å². The van der Waals surface area contributed by atoms with E-state index in [1.54, 1.807) is 42.5 Å². The highest BCUT2D eigenvalue weighted by Gasteiger charge is 2.45. The van der Waals surface area contributed by atoms with Crippen molar-refractivity contribution in [2.75, 3.05) is 6.54 Å². The van der Waals surface area contributed by atoms with E-state index in [0.717, 1.165) is 5.56 Å². The number of ketones is 1. The number of benzene rings is 2. The van der Waals surface area contributed by atoms with E-state index in [2.05, 4.69) is 0 Å². The molecule has 0 spiro atoms. The predicted octanol–water partition coefficient (Wildman–Crippen LogP) is 1.56. The highest BCUT2D eigenvalue weighted by molar-refractivity contribution is 6.46. The Morgan fingerprint density at radius 2 is 1.70 bits per heavy atom. The molecule has 27 heavy (non-hydrogen) atoms. The number of carbonyl (C=O) groups is 3. The lowest BCUT2D eigenvalue weighted by Gasteiger charge is -2.25. The number of likely N-dealkylation sites (tertiary alicyclic amines) is 1. The summed E-state index contributed by atoms with van der Waals surface area (Å²) in [7, 11) is 0. The van der Waals surface area contributed by atoms with E-state index in [1.807, 2.05) is 19.1 Å². The quantitative estimate of drug-likeness (QED) is 0.493. The molecule has 1 saturated heterocycles. The largest absolute Gasteiger partial charge is 0.550 e. The zero-order valence-corrected chi connectivity index (χ0v) is 14.7. The van der Waals surface area contributed by atoms with Gasteiger partial charge in [0.2, 0.25) is 0 Å². The SMILES string of the molecule is Cc1ccc([C@H]2C(=C(O)c3ccccc3)C(=O)C(=O)N2CCC(=O)[O-])cc1. The third kappa shape index (κ3) is 3.60. The van der Waals surface area contributed by atoms with Crippen LogP contribution in [0.3, 0.4) is 0 Å². The second-order valence-electron chi connectivity index (χ2n) is 6.39. The summed E-state index contributed by atoms with van der Waals surface area (Å²) in [5.74, 6) is -3.27. The smallest absolute Gasteiger partial charge is 0.295 e. The maximum Gasteiger partial charge on any atom is 0.295 e. The lowest BCUT2D eigenvalue weighted by atomic mass is 9.94. The van der Waals surface area contributed by atoms with Crippen LogP contribution in [0.4, 0.5) is 0 Å². The molecular formula is C21H18NO5-. The molecule has 2 aromatic carbocycles. The minimum absolute atomic E-state index is 0.0478. The molecule has 0 bridgehead atoms. The second kappa shape index (κ2) is 7.45. The van der Waals surface area contributed by atoms with E-state index in [1.165, 1.54) is 4.90 Å². The van der Waals surface area contributed by atoms with Gasteiger partial charge in [-0.05, 0) is 12.5 Å². The van der Waals surface area contributed by atoms with Gasteiger partial charge in [0.1, 0.15) is 5.76 Å². The number of hydrogen-bond acceptors (Lipinski definition) is 5. The van der Waals surface area contributed by atoms with Crippen molar-refractivity contribution in [1.82, 2.24) is 4.90 Å². The molecular weight excluding hydrogens is 346 g/mol. The van der Waals surface area contributed by atoms with Gasteiger partial charge < -0.3 is 19.9 Å². The number of Topliss-reactive ketones (excluding diaryl/α,β-unsaturated/α-hetero) is 1. The molecule has 0 unspecified atom stereocenters. The number of amides is 1. The molecule has 0 aromatic heterocycles. The number of carboxylic acids is 1. The second-order valence-corrected chi connectivity index (χ2v) is 6.39. The van der Waals surface area contributed by atoms with Crippen molar-refractivity contribution >= 4 is 23.4 Å². The van der Waals surface area contributed by atoms with E-state index >= 15 is 0 Å². The molecule has 1 N–H and O–H groups in total. The number of carboxylic acid groups (broad SMARTS) is 1. The first-order valence-electron chi connectivity index (χ1n) is 8.50. The van der Waals surface area contributed by atoms with Crippen LogP contribution < -0.4 is 5.11 Å². The normalized spacial score (nSPS) is 18.7. The summed E-state index contributed by atoms with van der Waals surface area (Å²) in [6.07, 6.45) is -0.402. The van der Waals surface area contributed by atoms with Crippen molar-refractivity contribution in [3.63, 3.8) is 0 Å². The lowest BCUT2D eigenvalue weighted by Crippen LogP contribution is -2.34.